The molecule has 0 aliphatic heterocycles. The highest BCUT2D eigenvalue weighted by Gasteiger charge is 2.11. The third-order valence-corrected chi connectivity index (χ3v) is 3.77. The SMILES string of the molecule is CCNc1nc(-n2cc(I)cn2)c2ccsc2n1. The number of fused-ring (bicyclic) bond motifs is 1. The Hall–Kier alpha value is -1.22. The molecule has 0 amide bonds. The molecule has 3 aromatic rings. The Bertz CT molecular complexity index is 690. The van der Waals surface area contributed by atoms with Crippen LogP contribution in [-0.4, -0.2) is 26.3 Å². The quantitative estimate of drug-likeness (QED) is 0.720. The minimum Gasteiger partial charge on any atom is -0.354 e. The second-order valence-corrected chi connectivity index (χ2v) is 5.78. The summed E-state index contributed by atoms with van der Waals surface area (Å²) in [7, 11) is 0. The molecule has 0 aromatic carbocycles. The van der Waals surface area contributed by atoms with E-state index in [1.54, 1.807) is 16.0 Å². The zero-order valence-corrected chi connectivity index (χ0v) is 12.6. The Morgan fingerprint density at radius 1 is 1.44 bits per heavy atom. The first-order valence-corrected chi connectivity index (χ1v) is 7.43. The number of hydrogen-bond donors (Lipinski definition) is 1. The van der Waals surface area contributed by atoms with Gasteiger partial charge in [-0.2, -0.15) is 10.1 Å². The average Bonchev–Trinajstić information content (AvgIpc) is 2.97. The van der Waals surface area contributed by atoms with Gasteiger partial charge < -0.3 is 5.32 Å². The maximum Gasteiger partial charge on any atom is 0.226 e. The molecule has 0 spiro atoms. The number of aromatic nitrogens is 4. The molecular formula is C11H10IN5S. The van der Waals surface area contributed by atoms with Gasteiger partial charge in [0.05, 0.1) is 15.2 Å². The van der Waals surface area contributed by atoms with E-state index in [4.69, 9.17) is 0 Å². The van der Waals surface area contributed by atoms with Crippen LogP contribution >= 0.6 is 33.9 Å². The van der Waals surface area contributed by atoms with Gasteiger partial charge in [0.25, 0.3) is 0 Å². The van der Waals surface area contributed by atoms with Gasteiger partial charge in [0.2, 0.25) is 5.95 Å². The van der Waals surface area contributed by atoms with Gasteiger partial charge in [-0.3, -0.25) is 0 Å². The number of halogens is 1. The lowest BCUT2D eigenvalue weighted by Crippen LogP contribution is -2.06. The fourth-order valence-corrected chi connectivity index (χ4v) is 2.82. The molecule has 3 rings (SSSR count). The lowest BCUT2D eigenvalue weighted by Gasteiger charge is -2.06. The Morgan fingerprint density at radius 2 is 2.33 bits per heavy atom. The summed E-state index contributed by atoms with van der Waals surface area (Å²) < 4.78 is 2.87. The van der Waals surface area contributed by atoms with Crippen LogP contribution in [0.25, 0.3) is 16.0 Å². The first-order valence-electron chi connectivity index (χ1n) is 5.47. The molecule has 0 saturated heterocycles. The predicted octanol–water partition coefficient (Wildman–Crippen LogP) is 2.91. The molecule has 1 N–H and O–H groups in total. The van der Waals surface area contributed by atoms with E-state index in [-0.39, 0.29) is 0 Å². The minimum atomic E-state index is 0.646. The smallest absolute Gasteiger partial charge is 0.226 e. The fourth-order valence-electron chi connectivity index (χ4n) is 1.67. The Kier molecular flexibility index (Phi) is 3.16. The Labute approximate surface area is 121 Å². The average molecular weight is 371 g/mol. The van der Waals surface area contributed by atoms with E-state index < -0.39 is 0 Å². The van der Waals surface area contributed by atoms with Crippen LogP contribution in [-0.2, 0) is 0 Å². The Morgan fingerprint density at radius 3 is 3.06 bits per heavy atom. The topological polar surface area (TPSA) is 55.6 Å². The van der Waals surface area contributed by atoms with Crippen molar-refractivity contribution in [3.05, 3.63) is 27.4 Å². The van der Waals surface area contributed by atoms with Gasteiger partial charge in [-0.05, 0) is 41.0 Å². The standard InChI is InChI=1S/C11H10IN5S/c1-2-13-11-15-9(17-6-7(12)5-14-17)8-3-4-18-10(8)16-11/h3-6H,2H2,1H3,(H,13,15,16). The maximum atomic E-state index is 4.53. The Balaban J connectivity index is 2.22. The zero-order chi connectivity index (χ0) is 12.5. The van der Waals surface area contributed by atoms with Crippen LogP contribution in [0.2, 0.25) is 0 Å². The number of nitrogens with one attached hydrogen (secondary N) is 1. The molecule has 3 aromatic heterocycles. The van der Waals surface area contributed by atoms with Crippen LogP contribution in [0, 0.1) is 3.57 Å². The van der Waals surface area contributed by atoms with Crippen molar-refractivity contribution in [1.29, 1.82) is 0 Å². The number of rotatable bonds is 3. The minimum absolute atomic E-state index is 0.646. The molecule has 0 saturated carbocycles. The molecular weight excluding hydrogens is 361 g/mol. The van der Waals surface area contributed by atoms with Gasteiger partial charge in [-0.15, -0.1) is 11.3 Å². The normalized spacial score (nSPS) is 11.0. The van der Waals surface area contributed by atoms with Crippen molar-refractivity contribution in [3.63, 3.8) is 0 Å². The predicted molar refractivity (Wildman–Crippen MR) is 81.4 cm³/mol. The van der Waals surface area contributed by atoms with Crippen molar-refractivity contribution < 1.29 is 0 Å². The highest BCUT2D eigenvalue weighted by atomic mass is 127. The fraction of sp³-hybridized carbons (Fsp3) is 0.182. The molecule has 18 heavy (non-hydrogen) atoms. The summed E-state index contributed by atoms with van der Waals surface area (Å²) in [5.74, 6) is 1.47. The highest BCUT2D eigenvalue weighted by molar-refractivity contribution is 14.1. The summed E-state index contributed by atoms with van der Waals surface area (Å²) in [5, 5.41) is 10.5. The van der Waals surface area contributed by atoms with Crippen LogP contribution in [0.3, 0.4) is 0 Å². The van der Waals surface area contributed by atoms with E-state index in [2.05, 4.69) is 43.0 Å². The van der Waals surface area contributed by atoms with Crippen LogP contribution in [0.4, 0.5) is 5.95 Å². The van der Waals surface area contributed by atoms with E-state index in [1.807, 2.05) is 30.8 Å². The summed E-state index contributed by atoms with van der Waals surface area (Å²) >= 11 is 3.84. The van der Waals surface area contributed by atoms with Gasteiger partial charge in [-0.1, -0.05) is 0 Å². The van der Waals surface area contributed by atoms with E-state index in [0.29, 0.717) is 5.95 Å². The molecule has 0 fully saturated rings. The van der Waals surface area contributed by atoms with Crippen molar-refractivity contribution in [2.24, 2.45) is 0 Å². The van der Waals surface area contributed by atoms with Crippen molar-refractivity contribution in [1.82, 2.24) is 19.7 Å². The molecule has 0 unspecified atom stereocenters. The van der Waals surface area contributed by atoms with E-state index in [9.17, 15) is 0 Å². The van der Waals surface area contributed by atoms with Gasteiger partial charge in [0, 0.05) is 12.7 Å². The van der Waals surface area contributed by atoms with Gasteiger partial charge in [0.15, 0.2) is 5.82 Å². The number of thiophene rings is 1. The number of nitrogens with zero attached hydrogens (tertiary/aromatic N) is 4. The van der Waals surface area contributed by atoms with E-state index >= 15 is 0 Å². The third kappa shape index (κ3) is 2.07. The molecule has 0 aliphatic carbocycles. The van der Waals surface area contributed by atoms with Crippen molar-refractivity contribution in [3.8, 4) is 5.82 Å². The van der Waals surface area contributed by atoms with Gasteiger partial charge in [0.1, 0.15) is 4.83 Å². The van der Waals surface area contributed by atoms with Crippen LogP contribution in [0.5, 0.6) is 0 Å². The van der Waals surface area contributed by atoms with Gasteiger partial charge >= 0.3 is 0 Å². The van der Waals surface area contributed by atoms with Crippen molar-refractivity contribution in [2.45, 2.75) is 6.92 Å². The lowest BCUT2D eigenvalue weighted by molar-refractivity contribution is 0.851. The second kappa shape index (κ2) is 4.81. The molecule has 0 atom stereocenters. The number of anilines is 1. The zero-order valence-electron chi connectivity index (χ0n) is 9.59. The first-order chi connectivity index (χ1) is 8.78. The summed E-state index contributed by atoms with van der Waals surface area (Å²) in [5.41, 5.74) is 0. The molecule has 0 aliphatic rings. The molecule has 0 radical (unpaired) electrons. The third-order valence-electron chi connectivity index (χ3n) is 2.41. The molecule has 5 nitrogen and oxygen atoms in total. The van der Waals surface area contributed by atoms with Crippen molar-refractivity contribution in [2.75, 3.05) is 11.9 Å². The van der Waals surface area contributed by atoms with E-state index in [0.717, 1.165) is 26.1 Å². The monoisotopic (exact) mass is 371 g/mol. The first kappa shape index (κ1) is 11.8. The van der Waals surface area contributed by atoms with Gasteiger partial charge in [-0.25, -0.2) is 9.67 Å². The lowest BCUT2D eigenvalue weighted by atomic mass is 10.4. The molecule has 7 heteroatoms. The van der Waals surface area contributed by atoms with E-state index in [1.165, 1.54) is 0 Å². The molecule has 0 bridgehead atoms. The summed E-state index contributed by atoms with van der Waals surface area (Å²) in [4.78, 5) is 9.97. The largest absolute Gasteiger partial charge is 0.354 e. The van der Waals surface area contributed by atoms with Crippen LogP contribution < -0.4 is 5.32 Å². The van der Waals surface area contributed by atoms with Crippen molar-refractivity contribution >= 4 is 50.1 Å². The highest BCUT2D eigenvalue weighted by Crippen LogP contribution is 2.25. The molecule has 92 valence electrons. The van der Waals surface area contributed by atoms with Crippen LogP contribution in [0.15, 0.2) is 23.8 Å². The summed E-state index contributed by atoms with van der Waals surface area (Å²) in [6, 6.07) is 2.03. The number of hydrogen-bond acceptors (Lipinski definition) is 5. The summed E-state index contributed by atoms with van der Waals surface area (Å²) in [6.45, 7) is 2.82. The second-order valence-electron chi connectivity index (χ2n) is 3.64. The van der Waals surface area contributed by atoms with Crippen LogP contribution in [0.1, 0.15) is 6.92 Å². The summed E-state index contributed by atoms with van der Waals surface area (Å²) in [6.07, 6.45) is 3.77. The molecule has 3 heterocycles. The maximum absolute atomic E-state index is 4.53.